The van der Waals surface area contributed by atoms with E-state index in [0.29, 0.717) is 19.5 Å². The van der Waals surface area contributed by atoms with E-state index >= 15 is 0 Å². The number of carbonyl (C=O) groups is 2. The van der Waals surface area contributed by atoms with Crippen molar-refractivity contribution < 1.29 is 23.1 Å². The van der Waals surface area contributed by atoms with Gasteiger partial charge in [0.15, 0.2) is 11.6 Å². The normalized spacial score (nSPS) is 20.0. The Morgan fingerprint density at radius 3 is 2.59 bits per heavy atom. The molecule has 0 bridgehead atoms. The zero-order chi connectivity index (χ0) is 19.4. The van der Waals surface area contributed by atoms with Crippen LogP contribution >= 0.6 is 11.8 Å². The molecule has 1 atom stereocenters. The van der Waals surface area contributed by atoms with Crippen molar-refractivity contribution in [2.24, 2.45) is 0 Å². The van der Waals surface area contributed by atoms with Crippen LogP contribution in [0.3, 0.4) is 0 Å². The molecule has 1 N–H and O–H groups in total. The molecule has 2 saturated heterocycles. The molecule has 0 unspecified atom stereocenters. The smallest absolute Gasteiger partial charge is 0.414 e. The SMILES string of the molecule is CCCC(=O)NC[C@H]1CN(c2cc(F)c(N3CCSCC3)c(F)c2)C(=O)O1. The molecular formula is C18H23F2N3O3S. The lowest BCUT2D eigenvalue weighted by Crippen LogP contribution is -2.35. The van der Waals surface area contributed by atoms with Gasteiger partial charge in [-0.05, 0) is 6.42 Å². The Balaban J connectivity index is 1.69. The van der Waals surface area contributed by atoms with E-state index in [9.17, 15) is 18.4 Å². The van der Waals surface area contributed by atoms with Crippen molar-refractivity contribution in [3.05, 3.63) is 23.8 Å². The average molecular weight is 399 g/mol. The Morgan fingerprint density at radius 2 is 1.96 bits per heavy atom. The van der Waals surface area contributed by atoms with Crippen molar-refractivity contribution >= 4 is 35.1 Å². The standard InChI is InChI=1S/C18H23F2N3O3S/c1-2-3-16(24)21-10-13-11-23(18(25)26-13)12-8-14(19)17(15(20)9-12)22-4-6-27-7-5-22/h8-9,13H,2-7,10-11H2,1H3,(H,21,24)/t13-/m0/s1. The van der Waals surface area contributed by atoms with Gasteiger partial charge in [-0.1, -0.05) is 6.92 Å². The lowest BCUT2D eigenvalue weighted by atomic mass is 10.2. The molecule has 148 valence electrons. The lowest BCUT2D eigenvalue weighted by Gasteiger charge is -2.29. The first-order valence-corrected chi connectivity index (χ1v) is 10.2. The second kappa shape index (κ2) is 8.77. The highest BCUT2D eigenvalue weighted by Gasteiger charge is 2.34. The monoisotopic (exact) mass is 399 g/mol. The first-order chi connectivity index (χ1) is 13.0. The molecule has 0 radical (unpaired) electrons. The summed E-state index contributed by atoms with van der Waals surface area (Å²) in [7, 11) is 0. The fraction of sp³-hybridized carbons (Fsp3) is 0.556. The predicted octanol–water partition coefficient (Wildman–Crippen LogP) is 2.76. The third kappa shape index (κ3) is 4.63. The molecule has 2 fully saturated rings. The third-order valence-corrected chi connectivity index (χ3v) is 5.46. The highest BCUT2D eigenvalue weighted by atomic mass is 32.2. The summed E-state index contributed by atoms with van der Waals surface area (Å²) in [6.07, 6.45) is -0.103. The summed E-state index contributed by atoms with van der Waals surface area (Å²) in [5.41, 5.74) is 0.0718. The van der Waals surface area contributed by atoms with E-state index in [1.165, 1.54) is 17.0 Å². The molecule has 2 heterocycles. The van der Waals surface area contributed by atoms with Crippen LogP contribution in [-0.4, -0.2) is 55.8 Å². The Labute approximate surface area is 161 Å². The Bertz CT molecular complexity index is 690. The summed E-state index contributed by atoms with van der Waals surface area (Å²) in [5.74, 6) is 0.150. The summed E-state index contributed by atoms with van der Waals surface area (Å²) in [6.45, 7) is 3.37. The number of rotatable bonds is 6. The Morgan fingerprint density at radius 1 is 1.30 bits per heavy atom. The van der Waals surface area contributed by atoms with Gasteiger partial charge in [-0.25, -0.2) is 13.6 Å². The van der Waals surface area contributed by atoms with Crippen LogP contribution in [0.5, 0.6) is 0 Å². The molecule has 1 aromatic rings. The number of cyclic esters (lactones) is 1. The maximum Gasteiger partial charge on any atom is 0.414 e. The summed E-state index contributed by atoms with van der Waals surface area (Å²) in [6, 6.07) is 2.33. The number of thioether (sulfide) groups is 1. The third-order valence-electron chi connectivity index (χ3n) is 4.52. The molecule has 3 rings (SSSR count). The van der Waals surface area contributed by atoms with Crippen molar-refractivity contribution in [2.45, 2.75) is 25.9 Å². The molecule has 0 aliphatic carbocycles. The highest BCUT2D eigenvalue weighted by molar-refractivity contribution is 7.99. The number of nitrogens with one attached hydrogen (secondary N) is 1. The molecule has 0 saturated carbocycles. The van der Waals surface area contributed by atoms with E-state index in [2.05, 4.69) is 5.32 Å². The number of carbonyl (C=O) groups excluding carboxylic acids is 2. The predicted molar refractivity (Wildman–Crippen MR) is 101 cm³/mol. The van der Waals surface area contributed by atoms with Crippen LogP contribution in [0.15, 0.2) is 12.1 Å². The van der Waals surface area contributed by atoms with Crippen LogP contribution in [0.25, 0.3) is 0 Å². The van der Waals surface area contributed by atoms with Crippen LogP contribution in [0.2, 0.25) is 0 Å². The van der Waals surface area contributed by atoms with Crippen molar-refractivity contribution in [3.8, 4) is 0 Å². The molecular weight excluding hydrogens is 376 g/mol. The second-order valence-electron chi connectivity index (χ2n) is 6.53. The van der Waals surface area contributed by atoms with Gasteiger partial charge in [0.2, 0.25) is 5.91 Å². The molecule has 1 aromatic carbocycles. The van der Waals surface area contributed by atoms with Crippen molar-refractivity contribution in [1.82, 2.24) is 5.32 Å². The summed E-state index contributed by atoms with van der Waals surface area (Å²) >= 11 is 1.75. The summed E-state index contributed by atoms with van der Waals surface area (Å²) in [4.78, 5) is 26.5. The number of halogens is 2. The number of benzene rings is 1. The van der Waals surface area contributed by atoms with E-state index in [-0.39, 0.29) is 30.4 Å². The molecule has 2 aliphatic rings. The Hall–Kier alpha value is -2.03. The van der Waals surface area contributed by atoms with Gasteiger partial charge in [0.1, 0.15) is 11.8 Å². The van der Waals surface area contributed by atoms with Crippen LogP contribution in [0, 0.1) is 11.6 Å². The molecule has 0 spiro atoms. The molecule has 6 nitrogen and oxygen atoms in total. The van der Waals surface area contributed by atoms with Crippen LogP contribution in [0.1, 0.15) is 19.8 Å². The number of ether oxygens (including phenoxy) is 1. The summed E-state index contributed by atoms with van der Waals surface area (Å²) < 4.78 is 34.4. The van der Waals surface area contributed by atoms with Gasteiger partial charge >= 0.3 is 6.09 Å². The van der Waals surface area contributed by atoms with Crippen molar-refractivity contribution in [2.75, 3.05) is 47.5 Å². The topological polar surface area (TPSA) is 61.9 Å². The van der Waals surface area contributed by atoms with Gasteiger partial charge in [0, 0.05) is 43.1 Å². The van der Waals surface area contributed by atoms with Gasteiger partial charge in [-0.15, -0.1) is 0 Å². The van der Waals surface area contributed by atoms with E-state index < -0.39 is 23.8 Å². The van der Waals surface area contributed by atoms with Gasteiger partial charge in [-0.2, -0.15) is 11.8 Å². The van der Waals surface area contributed by atoms with Gasteiger partial charge in [-0.3, -0.25) is 9.69 Å². The minimum absolute atomic E-state index is 0.0463. The fourth-order valence-corrected chi connectivity index (χ4v) is 4.08. The van der Waals surface area contributed by atoms with E-state index in [0.717, 1.165) is 17.9 Å². The van der Waals surface area contributed by atoms with Gasteiger partial charge < -0.3 is 15.0 Å². The minimum Gasteiger partial charge on any atom is -0.442 e. The quantitative estimate of drug-likeness (QED) is 0.797. The molecule has 2 aliphatic heterocycles. The maximum atomic E-state index is 14.6. The molecule has 9 heteroatoms. The second-order valence-corrected chi connectivity index (χ2v) is 7.75. The minimum atomic E-state index is -0.690. The first kappa shape index (κ1) is 19.7. The molecule has 27 heavy (non-hydrogen) atoms. The van der Waals surface area contributed by atoms with E-state index in [4.69, 9.17) is 4.74 Å². The van der Waals surface area contributed by atoms with Crippen LogP contribution in [0.4, 0.5) is 25.0 Å². The lowest BCUT2D eigenvalue weighted by molar-refractivity contribution is -0.121. The first-order valence-electron chi connectivity index (χ1n) is 9.06. The summed E-state index contributed by atoms with van der Waals surface area (Å²) in [5, 5.41) is 2.69. The largest absolute Gasteiger partial charge is 0.442 e. The van der Waals surface area contributed by atoms with Crippen molar-refractivity contribution in [3.63, 3.8) is 0 Å². The molecule has 0 aromatic heterocycles. The number of hydrogen-bond donors (Lipinski definition) is 1. The zero-order valence-corrected chi connectivity index (χ0v) is 16.0. The number of anilines is 2. The fourth-order valence-electron chi connectivity index (χ4n) is 3.18. The van der Waals surface area contributed by atoms with Crippen LogP contribution < -0.4 is 15.1 Å². The Kier molecular flexibility index (Phi) is 6.41. The number of amides is 2. The van der Waals surface area contributed by atoms with Crippen molar-refractivity contribution in [1.29, 1.82) is 0 Å². The van der Waals surface area contributed by atoms with Gasteiger partial charge in [0.25, 0.3) is 0 Å². The maximum absolute atomic E-state index is 14.6. The van der Waals surface area contributed by atoms with E-state index in [1.807, 2.05) is 6.92 Å². The van der Waals surface area contributed by atoms with Gasteiger partial charge in [0.05, 0.1) is 18.8 Å². The number of hydrogen-bond acceptors (Lipinski definition) is 5. The van der Waals surface area contributed by atoms with E-state index in [1.54, 1.807) is 16.7 Å². The number of nitrogens with zero attached hydrogens (tertiary/aromatic N) is 2. The zero-order valence-electron chi connectivity index (χ0n) is 15.2. The van der Waals surface area contributed by atoms with Crippen LogP contribution in [-0.2, 0) is 9.53 Å². The average Bonchev–Trinajstić information content (AvgIpc) is 3.01. The highest BCUT2D eigenvalue weighted by Crippen LogP contribution is 2.32. The molecule has 2 amide bonds.